The number of amides is 1. The Bertz CT molecular complexity index is 281. The van der Waals surface area contributed by atoms with Crippen LogP contribution < -0.4 is 10.5 Å². The van der Waals surface area contributed by atoms with Gasteiger partial charge in [0.25, 0.3) is 0 Å². The Labute approximate surface area is 84.1 Å². The Balaban J connectivity index is 0. The van der Waals surface area contributed by atoms with Gasteiger partial charge in [-0.1, -0.05) is 6.58 Å². The van der Waals surface area contributed by atoms with Crippen molar-refractivity contribution in [2.75, 3.05) is 0 Å². The van der Waals surface area contributed by atoms with Crippen molar-refractivity contribution in [1.29, 1.82) is 0 Å². The summed E-state index contributed by atoms with van der Waals surface area (Å²) in [6.45, 7) is 9.11. The molecule has 7 heteroatoms. The Morgan fingerprint density at radius 2 is 1.79 bits per heavy atom. The molecule has 0 saturated heterocycles. The summed E-state index contributed by atoms with van der Waals surface area (Å²) in [6, 6.07) is 0. The van der Waals surface area contributed by atoms with Crippen molar-refractivity contribution in [2.24, 2.45) is 5.14 Å². The zero-order valence-corrected chi connectivity index (χ0v) is 9.26. The van der Waals surface area contributed by atoms with E-state index < -0.39 is 10.3 Å². The van der Waals surface area contributed by atoms with Crippen LogP contribution in [0.25, 0.3) is 0 Å². The molecule has 0 atom stereocenters. The Kier molecular flexibility index (Phi) is 6.37. The minimum absolute atomic E-state index is 0.123. The first-order valence-electron chi connectivity index (χ1n) is 3.65. The first kappa shape index (κ1) is 15.5. The van der Waals surface area contributed by atoms with Gasteiger partial charge in [-0.15, -0.1) is 0 Å². The van der Waals surface area contributed by atoms with Crippen LogP contribution in [0, 0.1) is 0 Å². The molecule has 0 aromatic carbocycles. The van der Waals surface area contributed by atoms with Crippen LogP contribution in [0.3, 0.4) is 0 Å². The van der Waals surface area contributed by atoms with E-state index in [2.05, 4.69) is 17.0 Å². The molecule has 1 amide bonds. The summed E-state index contributed by atoms with van der Waals surface area (Å²) in [5.41, 5.74) is -0.148. The van der Waals surface area contributed by atoms with Crippen molar-refractivity contribution in [3.63, 3.8) is 0 Å². The molecule has 84 valence electrons. The molecule has 0 unspecified atom stereocenters. The quantitative estimate of drug-likeness (QED) is 0.424. The summed E-state index contributed by atoms with van der Waals surface area (Å²) in [5, 5.41) is 6.59. The van der Waals surface area contributed by atoms with Crippen LogP contribution in [0.15, 0.2) is 12.7 Å². The van der Waals surface area contributed by atoms with Gasteiger partial charge in [0.1, 0.15) is 0 Å². The summed E-state index contributed by atoms with van der Waals surface area (Å²) in [7, 11) is -4.17. The summed E-state index contributed by atoms with van der Waals surface area (Å²) in [6.07, 6.45) is 1.27. The third-order valence-corrected chi connectivity index (χ3v) is 0.684. The molecule has 6 nitrogen and oxygen atoms in total. The molecule has 0 aromatic heterocycles. The third-order valence-electron chi connectivity index (χ3n) is 0.684. The Morgan fingerprint density at radius 3 is 1.86 bits per heavy atom. The zero-order chi connectivity index (χ0) is 12.0. The molecule has 0 rings (SSSR count). The maximum Gasteiger partial charge on any atom is 0.330 e. The summed E-state index contributed by atoms with van der Waals surface area (Å²) in [5.74, 6) is -0.123. The molecule has 0 heterocycles. The van der Waals surface area contributed by atoms with Crippen molar-refractivity contribution < 1.29 is 17.8 Å². The van der Waals surface area contributed by atoms with Crippen LogP contribution in [0.2, 0.25) is 0 Å². The van der Waals surface area contributed by atoms with E-state index in [9.17, 15) is 4.79 Å². The molecule has 14 heavy (non-hydrogen) atoms. The lowest BCUT2D eigenvalue weighted by Gasteiger charge is -2.18. The average Bonchev–Trinajstić information content (AvgIpc) is 1.79. The highest BCUT2D eigenvalue weighted by molar-refractivity contribution is 7.83. The fraction of sp³-hybridized carbons (Fsp3) is 0.571. The molecule has 0 spiro atoms. The number of hydrogen-bond donors (Lipinski definition) is 3. The van der Waals surface area contributed by atoms with E-state index in [1.54, 1.807) is 0 Å². The second kappa shape index (κ2) is 5.74. The van der Waals surface area contributed by atoms with Gasteiger partial charge in [-0.2, -0.15) is 8.42 Å². The van der Waals surface area contributed by atoms with Crippen molar-refractivity contribution in [2.45, 2.75) is 26.3 Å². The number of carbonyl (C=O) groups is 1. The third kappa shape index (κ3) is 30.5. The fourth-order valence-corrected chi connectivity index (χ4v) is 0.421. The van der Waals surface area contributed by atoms with E-state index in [-0.39, 0.29) is 11.4 Å². The van der Waals surface area contributed by atoms with Crippen molar-refractivity contribution in [1.82, 2.24) is 5.32 Å². The lowest BCUT2D eigenvalue weighted by molar-refractivity contribution is -0.117. The van der Waals surface area contributed by atoms with E-state index in [4.69, 9.17) is 13.0 Å². The number of nitrogens with two attached hydrogens (primary N) is 1. The molecule has 0 radical (unpaired) electrons. The van der Waals surface area contributed by atoms with Crippen LogP contribution in [0.5, 0.6) is 0 Å². The highest BCUT2D eigenvalue weighted by atomic mass is 32.2. The normalized spacial score (nSPS) is 10.9. The Hall–Kier alpha value is -0.920. The van der Waals surface area contributed by atoms with Gasteiger partial charge < -0.3 is 5.32 Å². The monoisotopic (exact) mass is 224 g/mol. The molecule has 0 aliphatic rings. The molecule has 0 fully saturated rings. The van der Waals surface area contributed by atoms with Crippen LogP contribution in [0.4, 0.5) is 0 Å². The predicted molar refractivity (Wildman–Crippen MR) is 53.8 cm³/mol. The predicted octanol–water partition coefficient (Wildman–Crippen LogP) is -0.165. The lowest BCUT2D eigenvalue weighted by Crippen LogP contribution is -2.39. The summed E-state index contributed by atoms with van der Waals surface area (Å²) < 4.78 is 25.2. The molecule has 0 aliphatic heterocycles. The SMILES string of the molecule is C=CC(=O)NC(C)(C)C.NS(=O)(=O)O. The van der Waals surface area contributed by atoms with E-state index in [0.717, 1.165) is 0 Å². The molecule has 0 aromatic rings. The van der Waals surface area contributed by atoms with Gasteiger partial charge in [-0.25, -0.2) is 5.14 Å². The molecule has 4 N–H and O–H groups in total. The average molecular weight is 224 g/mol. The van der Waals surface area contributed by atoms with Crippen molar-refractivity contribution in [3.8, 4) is 0 Å². The highest BCUT2D eigenvalue weighted by Gasteiger charge is 2.10. The number of carbonyl (C=O) groups excluding carboxylic acids is 1. The highest BCUT2D eigenvalue weighted by Crippen LogP contribution is 1.97. The maximum absolute atomic E-state index is 10.6. The lowest BCUT2D eigenvalue weighted by atomic mass is 10.1. The van der Waals surface area contributed by atoms with E-state index >= 15 is 0 Å². The van der Waals surface area contributed by atoms with Gasteiger partial charge in [0, 0.05) is 5.54 Å². The van der Waals surface area contributed by atoms with Gasteiger partial charge in [0.05, 0.1) is 0 Å². The van der Waals surface area contributed by atoms with Gasteiger partial charge >= 0.3 is 10.3 Å². The second-order valence-corrected chi connectivity index (χ2v) is 4.49. The smallest absolute Gasteiger partial charge is 0.330 e. The second-order valence-electron chi connectivity index (χ2n) is 3.46. The molecule has 0 aliphatic carbocycles. The topological polar surface area (TPSA) is 109 Å². The summed E-state index contributed by atoms with van der Waals surface area (Å²) in [4.78, 5) is 10.6. The van der Waals surface area contributed by atoms with Crippen LogP contribution in [0.1, 0.15) is 20.8 Å². The van der Waals surface area contributed by atoms with Crippen molar-refractivity contribution in [3.05, 3.63) is 12.7 Å². The fourth-order valence-electron chi connectivity index (χ4n) is 0.421. The van der Waals surface area contributed by atoms with E-state index in [1.807, 2.05) is 20.8 Å². The van der Waals surface area contributed by atoms with E-state index in [1.165, 1.54) is 6.08 Å². The molecular weight excluding hydrogens is 208 g/mol. The Morgan fingerprint density at radius 1 is 1.50 bits per heavy atom. The molecule has 0 bridgehead atoms. The van der Waals surface area contributed by atoms with Crippen LogP contribution in [-0.4, -0.2) is 24.4 Å². The number of nitrogens with one attached hydrogen (secondary N) is 1. The van der Waals surface area contributed by atoms with Gasteiger partial charge in [-0.05, 0) is 26.8 Å². The minimum Gasteiger partial charge on any atom is -0.348 e. The van der Waals surface area contributed by atoms with Crippen molar-refractivity contribution >= 4 is 16.2 Å². The van der Waals surface area contributed by atoms with Gasteiger partial charge in [0.15, 0.2) is 0 Å². The zero-order valence-electron chi connectivity index (χ0n) is 8.44. The maximum atomic E-state index is 10.6. The first-order valence-corrected chi connectivity index (χ1v) is 5.16. The largest absolute Gasteiger partial charge is 0.348 e. The van der Waals surface area contributed by atoms with Crippen LogP contribution in [-0.2, 0) is 15.1 Å². The summed E-state index contributed by atoms with van der Waals surface area (Å²) >= 11 is 0. The molecule has 0 saturated carbocycles. The van der Waals surface area contributed by atoms with E-state index in [0.29, 0.717) is 0 Å². The van der Waals surface area contributed by atoms with Crippen LogP contribution >= 0.6 is 0 Å². The minimum atomic E-state index is -4.17. The standard InChI is InChI=1S/C7H13NO.H3NO3S/c1-5-6(9)8-7(2,3)4;1-5(2,3)4/h5H,1H2,2-4H3,(H,8,9);(H3,1,2,3,4). The molecular formula is C7H16N2O4S. The number of rotatable bonds is 1. The first-order chi connectivity index (χ1) is 5.95. The number of hydrogen-bond acceptors (Lipinski definition) is 3. The van der Waals surface area contributed by atoms with Gasteiger partial charge in [0.2, 0.25) is 5.91 Å². The van der Waals surface area contributed by atoms with Gasteiger partial charge in [-0.3, -0.25) is 9.35 Å².